The lowest BCUT2D eigenvalue weighted by Crippen LogP contribution is -2.00. The van der Waals surface area contributed by atoms with Gasteiger partial charge in [0.2, 0.25) is 0 Å². The molecule has 6 heteroatoms. The number of halogens is 1. The Morgan fingerprint density at radius 2 is 1.18 bits per heavy atom. The lowest BCUT2D eigenvalue weighted by atomic mass is 10.0. The first-order valence-electron chi connectivity index (χ1n) is 14.1. The van der Waals surface area contributed by atoms with Crippen molar-refractivity contribution >= 4 is 53.9 Å². The van der Waals surface area contributed by atoms with Crippen molar-refractivity contribution in [3.8, 4) is 51.4 Å². The number of rotatable bonds is 4. The Bertz CT molecular complexity index is 2420. The van der Waals surface area contributed by atoms with E-state index in [2.05, 4.69) is 60.7 Å². The highest BCUT2D eigenvalue weighted by Crippen LogP contribution is 2.40. The monoisotopic (exact) mass is 600 g/mol. The molecule has 6 aromatic carbocycles. The van der Waals surface area contributed by atoms with Gasteiger partial charge in [0.15, 0.2) is 17.5 Å². The molecule has 2 aromatic heterocycles. The van der Waals surface area contributed by atoms with E-state index in [1.807, 2.05) is 66.7 Å². The van der Waals surface area contributed by atoms with Crippen LogP contribution >= 0.6 is 22.9 Å². The van der Waals surface area contributed by atoms with Gasteiger partial charge in [0.25, 0.3) is 0 Å². The van der Waals surface area contributed by atoms with Gasteiger partial charge in [-0.3, -0.25) is 0 Å². The number of aromatic nitrogens is 3. The van der Waals surface area contributed by atoms with Crippen LogP contribution in [0.2, 0.25) is 5.02 Å². The Balaban J connectivity index is 1.26. The predicted molar refractivity (Wildman–Crippen MR) is 182 cm³/mol. The van der Waals surface area contributed by atoms with Gasteiger partial charge in [-0.05, 0) is 52.2 Å². The van der Waals surface area contributed by atoms with Crippen LogP contribution < -0.4 is 0 Å². The fourth-order valence-electron chi connectivity index (χ4n) is 5.61. The first-order valence-corrected chi connectivity index (χ1v) is 15.3. The highest BCUT2D eigenvalue weighted by atomic mass is 35.5. The zero-order valence-corrected chi connectivity index (χ0v) is 24.8. The third-order valence-electron chi connectivity index (χ3n) is 7.81. The number of nitrogens with zero attached hydrogens (tertiary/aromatic N) is 4. The van der Waals surface area contributed by atoms with Crippen molar-refractivity contribution in [1.82, 2.24) is 15.0 Å². The minimum absolute atomic E-state index is 0.556. The molecule has 0 amide bonds. The molecule has 0 spiro atoms. The van der Waals surface area contributed by atoms with E-state index < -0.39 is 0 Å². The SMILES string of the molecule is N#Cc1cccc(-c2ccc(-c3nc(-c4cccc(Cl)c4)nc(-c4ccc5c(c4)sc4c6ccccc6ccc54)n3)cc2)c1. The normalized spacial score (nSPS) is 11.3. The molecule has 0 aliphatic rings. The molecule has 8 aromatic rings. The number of fused-ring (bicyclic) bond motifs is 5. The van der Waals surface area contributed by atoms with Crippen molar-refractivity contribution in [2.24, 2.45) is 0 Å². The summed E-state index contributed by atoms with van der Waals surface area (Å²) in [6.07, 6.45) is 0. The molecule has 44 heavy (non-hydrogen) atoms. The van der Waals surface area contributed by atoms with Gasteiger partial charge in [0, 0.05) is 41.9 Å². The third-order valence-corrected chi connectivity index (χ3v) is 9.24. The summed E-state index contributed by atoms with van der Waals surface area (Å²) in [7, 11) is 0. The van der Waals surface area contributed by atoms with Crippen LogP contribution in [0.15, 0.2) is 127 Å². The van der Waals surface area contributed by atoms with Gasteiger partial charge in [-0.2, -0.15) is 5.26 Å². The first-order chi connectivity index (χ1) is 21.6. The molecule has 4 nitrogen and oxygen atoms in total. The van der Waals surface area contributed by atoms with Crippen molar-refractivity contribution in [2.75, 3.05) is 0 Å². The smallest absolute Gasteiger partial charge is 0.164 e. The van der Waals surface area contributed by atoms with E-state index in [4.69, 9.17) is 26.6 Å². The van der Waals surface area contributed by atoms with E-state index in [0.717, 1.165) is 27.8 Å². The van der Waals surface area contributed by atoms with Gasteiger partial charge in [-0.15, -0.1) is 11.3 Å². The minimum Gasteiger partial charge on any atom is -0.208 e. The summed E-state index contributed by atoms with van der Waals surface area (Å²) in [5.41, 5.74) is 5.23. The summed E-state index contributed by atoms with van der Waals surface area (Å²) in [6.45, 7) is 0. The maximum Gasteiger partial charge on any atom is 0.164 e. The molecule has 2 heterocycles. The summed E-state index contributed by atoms with van der Waals surface area (Å²) in [4.78, 5) is 14.8. The van der Waals surface area contributed by atoms with Crippen molar-refractivity contribution in [3.05, 3.63) is 138 Å². The summed E-state index contributed by atoms with van der Waals surface area (Å²) >= 11 is 8.16. The lowest BCUT2D eigenvalue weighted by molar-refractivity contribution is 1.07. The number of hydrogen-bond donors (Lipinski definition) is 0. The fourth-order valence-corrected chi connectivity index (χ4v) is 7.08. The highest BCUT2D eigenvalue weighted by molar-refractivity contribution is 7.26. The molecular weight excluding hydrogens is 580 g/mol. The van der Waals surface area contributed by atoms with E-state index in [1.165, 1.54) is 30.9 Å². The van der Waals surface area contributed by atoms with E-state index >= 15 is 0 Å². The van der Waals surface area contributed by atoms with Crippen molar-refractivity contribution in [1.29, 1.82) is 5.26 Å². The molecule has 206 valence electrons. The largest absolute Gasteiger partial charge is 0.208 e. The van der Waals surface area contributed by atoms with E-state index in [9.17, 15) is 5.26 Å². The molecule has 0 N–H and O–H groups in total. The van der Waals surface area contributed by atoms with E-state index in [0.29, 0.717) is 28.1 Å². The van der Waals surface area contributed by atoms with Gasteiger partial charge in [0.05, 0.1) is 11.6 Å². The summed E-state index contributed by atoms with van der Waals surface area (Å²) in [5, 5.41) is 14.9. The first kappa shape index (κ1) is 26.2. The van der Waals surface area contributed by atoms with Gasteiger partial charge < -0.3 is 0 Å². The summed E-state index contributed by atoms with van der Waals surface area (Å²) < 4.78 is 2.47. The molecule has 0 bridgehead atoms. The molecular formula is C38H21ClN4S. The minimum atomic E-state index is 0.556. The van der Waals surface area contributed by atoms with Crippen LogP contribution in [0.25, 0.3) is 76.2 Å². The third kappa shape index (κ3) is 4.67. The summed E-state index contributed by atoms with van der Waals surface area (Å²) in [6, 6.07) is 44.8. The quantitative estimate of drug-likeness (QED) is 0.201. The molecule has 0 aliphatic heterocycles. The van der Waals surface area contributed by atoms with Gasteiger partial charge in [-0.1, -0.05) is 109 Å². The molecule has 0 fully saturated rings. The Kier molecular flexibility index (Phi) is 6.38. The van der Waals surface area contributed by atoms with Crippen molar-refractivity contribution < 1.29 is 0 Å². The molecule has 0 atom stereocenters. The zero-order valence-electron chi connectivity index (χ0n) is 23.2. The molecule has 0 saturated heterocycles. The van der Waals surface area contributed by atoms with Gasteiger partial charge in [-0.25, -0.2) is 15.0 Å². The number of hydrogen-bond acceptors (Lipinski definition) is 5. The Hall–Kier alpha value is -5.41. The Labute approximate surface area is 262 Å². The van der Waals surface area contributed by atoms with E-state index in [-0.39, 0.29) is 0 Å². The fraction of sp³-hybridized carbons (Fsp3) is 0. The maximum absolute atomic E-state index is 9.32. The van der Waals surface area contributed by atoms with Gasteiger partial charge >= 0.3 is 0 Å². The average molecular weight is 601 g/mol. The standard InChI is InChI=1S/C38H21ClN4S/c39-30-9-4-8-28(20-30)37-41-36(26-13-11-24(12-14-26)27-7-3-5-23(19-27)22-40)42-38(43-37)29-16-17-32-33-18-15-25-6-1-2-10-31(25)35(33)44-34(32)21-29/h1-21H. The predicted octanol–water partition coefficient (Wildman–Crippen LogP) is 10.6. The van der Waals surface area contributed by atoms with Crippen LogP contribution in [0, 0.1) is 11.3 Å². The second-order valence-electron chi connectivity index (χ2n) is 10.6. The molecule has 0 saturated carbocycles. The van der Waals surface area contributed by atoms with Crippen molar-refractivity contribution in [2.45, 2.75) is 0 Å². The highest BCUT2D eigenvalue weighted by Gasteiger charge is 2.15. The number of nitriles is 1. The topological polar surface area (TPSA) is 62.5 Å². The van der Waals surface area contributed by atoms with Gasteiger partial charge in [0.1, 0.15) is 0 Å². The Morgan fingerprint density at radius 3 is 1.98 bits per heavy atom. The molecule has 0 unspecified atom stereocenters. The Morgan fingerprint density at radius 1 is 0.523 bits per heavy atom. The summed E-state index contributed by atoms with van der Waals surface area (Å²) in [5.74, 6) is 1.73. The van der Waals surface area contributed by atoms with Crippen molar-refractivity contribution in [3.63, 3.8) is 0 Å². The lowest BCUT2D eigenvalue weighted by Gasteiger charge is -2.09. The second kappa shape index (κ2) is 10.7. The van der Waals surface area contributed by atoms with E-state index in [1.54, 1.807) is 17.4 Å². The van der Waals surface area contributed by atoms with Crippen LogP contribution in [0.5, 0.6) is 0 Å². The molecule has 0 aliphatic carbocycles. The van der Waals surface area contributed by atoms with Crippen LogP contribution in [-0.2, 0) is 0 Å². The number of thiophene rings is 1. The average Bonchev–Trinajstić information content (AvgIpc) is 3.47. The van der Waals surface area contributed by atoms with Crippen LogP contribution in [-0.4, -0.2) is 15.0 Å². The second-order valence-corrected chi connectivity index (χ2v) is 12.1. The van der Waals surface area contributed by atoms with Crippen LogP contribution in [0.4, 0.5) is 0 Å². The molecule has 0 radical (unpaired) electrons. The zero-order chi connectivity index (χ0) is 29.6. The number of benzene rings is 6. The van der Waals surface area contributed by atoms with Crippen LogP contribution in [0.1, 0.15) is 5.56 Å². The van der Waals surface area contributed by atoms with Crippen LogP contribution in [0.3, 0.4) is 0 Å². The maximum atomic E-state index is 9.32. The molecule has 8 rings (SSSR count).